The van der Waals surface area contributed by atoms with E-state index in [0.717, 1.165) is 11.1 Å². The first-order valence-electron chi connectivity index (χ1n) is 5.96. The van der Waals surface area contributed by atoms with Crippen LogP contribution < -0.4 is 4.74 Å². The van der Waals surface area contributed by atoms with Gasteiger partial charge in [0.25, 0.3) is 5.69 Å². The van der Waals surface area contributed by atoms with Crippen molar-refractivity contribution in [2.24, 2.45) is 0 Å². The van der Waals surface area contributed by atoms with Gasteiger partial charge in [-0.15, -0.1) is 0 Å². The number of nitro benzene ring substituents is 1. The lowest BCUT2D eigenvalue weighted by molar-refractivity contribution is -0.385. The van der Waals surface area contributed by atoms with E-state index in [1.165, 1.54) is 6.07 Å². The molecular weight excluding hydrogens is 280 g/mol. The van der Waals surface area contributed by atoms with Crippen LogP contribution in [-0.4, -0.2) is 9.91 Å². The highest BCUT2D eigenvalue weighted by molar-refractivity contribution is 6.29. The summed E-state index contributed by atoms with van der Waals surface area (Å²) in [6.45, 7) is 3.84. The van der Waals surface area contributed by atoms with Gasteiger partial charge in [0.05, 0.1) is 11.0 Å². The van der Waals surface area contributed by atoms with Crippen molar-refractivity contribution in [3.8, 4) is 5.75 Å². The van der Waals surface area contributed by atoms with Crippen LogP contribution >= 0.6 is 11.6 Å². The fourth-order valence-corrected chi connectivity index (χ4v) is 2.06. The van der Waals surface area contributed by atoms with Gasteiger partial charge in [-0.05, 0) is 43.2 Å². The molecule has 104 valence electrons. The third-order valence-electron chi connectivity index (χ3n) is 2.88. The molecule has 1 heterocycles. The van der Waals surface area contributed by atoms with E-state index < -0.39 is 4.92 Å². The van der Waals surface area contributed by atoms with Crippen LogP contribution in [0.25, 0.3) is 0 Å². The summed E-state index contributed by atoms with van der Waals surface area (Å²) >= 11 is 5.79. The number of hydrogen-bond donors (Lipinski definition) is 0. The van der Waals surface area contributed by atoms with Gasteiger partial charge >= 0.3 is 0 Å². The lowest BCUT2D eigenvalue weighted by atomic mass is 10.1. The Morgan fingerprint density at radius 1 is 1.30 bits per heavy atom. The number of benzene rings is 1. The van der Waals surface area contributed by atoms with Crippen molar-refractivity contribution in [1.82, 2.24) is 4.98 Å². The standard InChI is InChI=1S/C14H13ClN2O3/c1-9-5-10(2)13(7-12(9)17(18)19)20-8-11-3-4-16-14(15)6-11/h3-7H,8H2,1-2H3. The summed E-state index contributed by atoms with van der Waals surface area (Å²) in [5.41, 5.74) is 2.38. The number of rotatable bonds is 4. The molecule has 2 rings (SSSR count). The molecule has 0 atom stereocenters. The lowest BCUT2D eigenvalue weighted by Crippen LogP contribution is -2.00. The van der Waals surface area contributed by atoms with E-state index in [1.54, 1.807) is 31.3 Å². The van der Waals surface area contributed by atoms with Gasteiger partial charge in [-0.25, -0.2) is 4.98 Å². The molecule has 0 N–H and O–H groups in total. The molecule has 1 aromatic heterocycles. The summed E-state index contributed by atoms with van der Waals surface area (Å²) in [5.74, 6) is 0.496. The Morgan fingerprint density at radius 3 is 2.70 bits per heavy atom. The lowest BCUT2D eigenvalue weighted by Gasteiger charge is -2.10. The number of pyridine rings is 1. The molecule has 0 saturated carbocycles. The Kier molecular flexibility index (Phi) is 4.20. The molecule has 20 heavy (non-hydrogen) atoms. The van der Waals surface area contributed by atoms with Crippen LogP contribution in [0.5, 0.6) is 5.75 Å². The van der Waals surface area contributed by atoms with Crippen LogP contribution in [0.1, 0.15) is 16.7 Å². The number of halogens is 1. The van der Waals surface area contributed by atoms with E-state index in [-0.39, 0.29) is 12.3 Å². The highest BCUT2D eigenvalue weighted by Crippen LogP contribution is 2.28. The molecule has 0 radical (unpaired) electrons. The van der Waals surface area contributed by atoms with Gasteiger partial charge in [0, 0.05) is 11.8 Å². The van der Waals surface area contributed by atoms with Crippen LogP contribution in [0.3, 0.4) is 0 Å². The fourth-order valence-electron chi connectivity index (χ4n) is 1.87. The maximum absolute atomic E-state index is 10.9. The van der Waals surface area contributed by atoms with E-state index >= 15 is 0 Å². The van der Waals surface area contributed by atoms with E-state index in [4.69, 9.17) is 16.3 Å². The second kappa shape index (κ2) is 5.88. The van der Waals surface area contributed by atoms with Gasteiger partial charge in [-0.2, -0.15) is 0 Å². The Balaban J connectivity index is 2.21. The second-order valence-electron chi connectivity index (χ2n) is 4.44. The molecule has 0 bridgehead atoms. The largest absolute Gasteiger partial charge is 0.488 e. The van der Waals surface area contributed by atoms with Crippen molar-refractivity contribution in [1.29, 1.82) is 0 Å². The summed E-state index contributed by atoms with van der Waals surface area (Å²) in [6.07, 6.45) is 1.59. The predicted octanol–water partition coefficient (Wildman–Crippen LogP) is 3.84. The molecule has 0 spiro atoms. The molecule has 0 aliphatic carbocycles. The summed E-state index contributed by atoms with van der Waals surface area (Å²) in [7, 11) is 0. The van der Waals surface area contributed by atoms with Crippen molar-refractivity contribution < 1.29 is 9.66 Å². The number of hydrogen-bond acceptors (Lipinski definition) is 4. The van der Waals surface area contributed by atoms with Crippen LogP contribution in [0.15, 0.2) is 30.5 Å². The molecule has 0 saturated heterocycles. The summed E-state index contributed by atoms with van der Waals surface area (Å²) in [4.78, 5) is 14.4. The highest BCUT2D eigenvalue weighted by atomic mass is 35.5. The van der Waals surface area contributed by atoms with Gasteiger partial charge in [0.15, 0.2) is 0 Å². The van der Waals surface area contributed by atoms with Crippen molar-refractivity contribution in [3.63, 3.8) is 0 Å². The van der Waals surface area contributed by atoms with E-state index in [0.29, 0.717) is 16.5 Å². The maximum atomic E-state index is 10.9. The first-order valence-corrected chi connectivity index (χ1v) is 6.34. The van der Waals surface area contributed by atoms with E-state index in [2.05, 4.69) is 4.98 Å². The minimum absolute atomic E-state index is 0.0540. The first kappa shape index (κ1) is 14.3. The maximum Gasteiger partial charge on any atom is 0.276 e. The average molecular weight is 293 g/mol. The van der Waals surface area contributed by atoms with Gasteiger partial charge in [0.1, 0.15) is 17.5 Å². The van der Waals surface area contributed by atoms with E-state index in [9.17, 15) is 10.1 Å². The highest BCUT2D eigenvalue weighted by Gasteiger charge is 2.14. The Morgan fingerprint density at radius 2 is 2.05 bits per heavy atom. The van der Waals surface area contributed by atoms with Crippen LogP contribution in [0.2, 0.25) is 5.15 Å². The molecule has 0 aliphatic rings. The van der Waals surface area contributed by atoms with Crippen molar-refractivity contribution in [2.75, 3.05) is 0 Å². The van der Waals surface area contributed by atoms with Gasteiger partial charge in [-0.3, -0.25) is 10.1 Å². The molecule has 2 aromatic rings. The zero-order chi connectivity index (χ0) is 14.7. The Labute approximate surface area is 121 Å². The zero-order valence-corrected chi connectivity index (χ0v) is 11.8. The summed E-state index contributed by atoms with van der Waals surface area (Å²) < 4.78 is 5.63. The minimum atomic E-state index is -0.412. The molecule has 6 heteroatoms. The molecular formula is C14H13ClN2O3. The van der Waals surface area contributed by atoms with Crippen LogP contribution in [-0.2, 0) is 6.61 Å². The molecule has 5 nitrogen and oxygen atoms in total. The monoisotopic (exact) mass is 292 g/mol. The summed E-state index contributed by atoms with van der Waals surface area (Å²) in [5, 5.41) is 11.3. The number of nitro groups is 1. The molecule has 1 aromatic carbocycles. The molecule has 0 fully saturated rings. The Hall–Kier alpha value is -2.14. The molecule has 0 amide bonds. The van der Waals surface area contributed by atoms with Crippen molar-refractivity contribution in [2.45, 2.75) is 20.5 Å². The normalized spacial score (nSPS) is 10.3. The van der Waals surface area contributed by atoms with Crippen molar-refractivity contribution >= 4 is 17.3 Å². The summed E-state index contributed by atoms with van der Waals surface area (Å²) in [6, 6.07) is 6.67. The van der Waals surface area contributed by atoms with Gasteiger partial charge < -0.3 is 4.74 Å². The zero-order valence-electron chi connectivity index (χ0n) is 11.1. The second-order valence-corrected chi connectivity index (χ2v) is 4.82. The quantitative estimate of drug-likeness (QED) is 0.488. The smallest absolute Gasteiger partial charge is 0.276 e. The third kappa shape index (κ3) is 3.24. The fraction of sp³-hybridized carbons (Fsp3) is 0.214. The predicted molar refractivity (Wildman–Crippen MR) is 76.1 cm³/mol. The first-order chi connectivity index (χ1) is 9.47. The third-order valence-corrected chi connectivity index (χ3v) is 3.08. The number of nitrogens with zero attached hydrogens (tertiary/aromatic N) is 2. The SMILES string of the molecule is Cc1cc(C)c([N+](=O)[O-])cc1OCc1ccnc(Cl)c1. The molecule has 0 aliphatic heterocycles. The van der Waals surface area contributed by atoms with E-state index in [1.807, 2.05) is 6.92 Å². The van der Waals surface area contributed by atoms with Gasteiger partial charge in [0.2, 0.25) is 0 Å². The number of ether oxygens (including phenoxy) is 1. The Bertz CT molecular complexity index is 659. The van der Waals surface area contributed by atoms with Gasteiger partial charge in [-0.1, -0.05) is 11.6 Å². The topological polar surface area (TPSA) is 65.3 Å². The minimum Gasteiger partial charge on any atom is -0.488 e. The number of aryl methyl sites for hydroxylation is 2. The molecule has 0 unspecified atom stereocenters. The van der Waals surface area contributed by atoms with Crippen molar-refractivity contribution in [3.05, 3.63) is 62.4 Å². The van der Waals surface area contributed by atoms with Crippen LogP contribution in [0, 0.1) is 24.0 Å². The number of aromatic nitrogens is 1. The average Bonchev–Trinajstić information content (AvgIpc) is 2.37. The van der Waals surface area contributed by atoms with Crippen LogP contribution in [0.4, 0.5) is 5.69 Å².